The van der Waals surface area contributed by atoms with Crippen molar-refractivity contribution in [3.05, 3.63) is 34.9 Å². The lowest BCUT2D eigenvalue weighted by Crippen LogP contribution is -2.29. The van der Waals surface area contributed by atoms with Crippen LogP contribution in [0.25, 0.3) is 0 Å². The Labute approximate surface area is 94.8 Å². The van der Waals surface area contributed by atoms with Crippen LogP contribution in [0.15, 0.2) is 34.9 Å². The van der Waals surface area contributed by atoms with Gasteiger partial charge in [0.1, 0.15) is 6.10 Å². The fourth-order valence-corrected chi connectivity index (χ4v) is 2.37. The van der Waals surface area contributed by atoms with Gasteiger partial charge < -0.3 is 19.1 Å². The third kappa shape index (κ3) is 1.33. The smallest absolute Gasteiger partial charge is 0.230 e. The van der Waals surface area contributed by atoms with E-state index in [0.717, 1.165) is 24.5 Å². The molecule has 4 heteroatoms. The first-order valence-corrected chi connectivity index (χ1v) is 5.45. The molecule has 4 nitrogen and oxygen atoms in total. The van der Waals surface area contributed by atoms with Crippen molar-refractivity contribution < 1.29 is 14.2 Å². The molecule has 1 atom stereocenters. The monoisotopic (exact) mass is 221 g/mol. The van der Waals surface area contributed by atoms with Gasteiger partial charge in [0, 0.05) is 32.5 Å². The third-order valence-electron chi connectivity index (χ3n) is 3.20. The summed E-state index contributed by atoms with van der Waals surface area (Å²) in [6, 6.07) is 0. The van der Waals surface area contributed by atoms with Crippen LogP contribution in [0.3, 0.4) is 0 Å². The zero-order valence-corrected chi connectivity index (χ0v) is 9.53. The highest BCUT2D eigenvalue weighted by atomic mass is 16.7. The van der Waals surface area contributed by atoms with Crippen molar-refractivity contribution in [3.63, 3.8) is 0 Å². The summed E-state index contributed by atoms with van der Waals surface area (Å²) in [7, 11) is 3.78. The summed E-state index contributed by atoms with van der Waals surface area (Å²) >= 11 is 0. The molecule has 2 aliphatic heterocycles. The molecule has 0 radical (unpaired) electrons. The minimum absolute atomic E-state index is 0.111. The molecule has 2 heterocycles. The van der Waals surface area contributed by atoms with E-state index in [0.29, 0.717) is 6.79 Å². The molecule has 3 rings (SSSR count). The fourth-order valence-electron chi connectivity index (χ4n) is 2.37. The molecule has 0 saturated carbocycles. The molecule has 0 fully saturated rings. The molecule has 0 aromatic rings. The highest BCUT2D eigenvalue weighted by Gasteiger charge is 2.35. The first kappa shape index (κ1) is 9.78. The van der Waals surface area contributed by atoms with Crippen LogP contribution < -0.4 is 0 Å². The lowest BCUT2D eigenvalue weighted by molar-refractivity contribution is 0.0437. The van der Waals surface area contributed by atoms with Crippen molar-refractivity contribution >= 4 is 0 Å². The molecule has 0 N–H and O–H groups in total. The highest BCUT2D eigenvalue weighted by molar-refractivity contribution is 5.49. The minimum Gasteiger partial charge on any atom is -0.455 e. The van der Waals surface area contributed by atoms with Gasteiger partial charge in [0.05, 0.1) is 0 Å². The van der Waals surface area contributed by atoms with Crippen LogP contribution in [0.2, 0.25) is 0 Å². The van der Waals surface area contributed by atoms with Crippen molar-refractivity contribution in [3.8, 4) is 0 Å². The summed E-state index contributed by atoms with van der Waals surface area (Å²) in [4.78, 5) is 2.18. The Hall–Kier alpha value is -1.42. The third-order valence-corrected chi connectivity index (χ3v) is 3.20. The van der Waals surface area contributed by atoms with E-state index in [1.165, 1.54) is 11.1 Å². The van der Waals surface area contributed by atoms with E-state index < -0.39 is 0 Å². The number of nitrogens with zero attached hydrogens (tertiary/aromatic N) is 1. The van der Waals surface area contributed by atoms with Gasteiger partial charge in [-0.05, 0) is 18.1 Å². The highest BCUT2D eigenvalue weighted by Crippen LogP contribution is 2.38. The maximum absolute atomic E-state index is 5.52. The first-order valence-electron chi connectivity index (χ1n) is 5.45. The molecule has 0 aromatic heterocycles. The zero-order chi connectivity index (χ0) is 11.1. The lowest BCUT2D eigenvalue weighted by Gasteiger charge is -2.31. The normalized spacial score (nSPS) is 27.6. The Morgan fingerprint density at radius 2 is 2.31 bits per heavy atom. The van der Waals surface area contributed by atoms with Crippen molar-refractivity contribution in [2.75, 3.05) is 27.5 Å². The molecule has 0 bridgehead atoms. The van der Waals surface area contributed by atoms with Crippen LogP contribution in [0.4, 0.5) is 0 Å². The average molecular weight is 221 g/mol. The minimum atomic E-state index is -0.111. The molecule has 1 unspecified atom stereocenters. The Morgan fingerprint density at radius 1 is 1.44 bits per heavy atom. The molecular formula is C12H15NO3. The topological polar surface area (TPSA) is 30.9 Å². The molecule has 3 aliphatic rings. The standard InChI is InChI=1S/C12H15NO3/c1-13-4-3-8-5-10-12(16-7-15-10)11(14-2)9(8)6-13/h5-6,11H,3-4,7H2,1-2H3. The summed E-state index contributed by atoms with van der Waals surface area (Å²) in [5, 5.41) is 0. The molecular weight excluding hydrogens is 206 g/mol. The average Bonchev–Trinajstić information content (AvgIpc) is 2.73. The van der Waals surface area contributed by atoms with Crippen LogP contribution in [-0.2, 0) is 14.2 Å². The van der Waals surface area contributed by atoms with Crippen LogP contribution in [0.1, 0.15) is 6.42 Å². The second-order valence-corrected chi connectivity index (χ2v) is 4.24. The number of allylic oxidation sites excluding steroid dienone is 1. The van der Waals surface area contributed by atoms with Crippen molar-refractivity contribution in [1.82, 2.24) is 4.90 Å². The Balaban J connectivity index is 2.05. The zero-order valence-electron chi connectivity index (χ0n) is 9.53. The summed E-state index contributed by atoms with van der Waals surface area (Å²) in [5.41, 5.74) is 2.50. The Kier molecular flexibility index (Phi) is 2.17. The predicted molar refractivity (Wildman–Crippen MR) is 58.3 cm³/mol. The van der Waals surface area contributed by atoms with Gasteiger partial charge in [-0.1, -0.05) is 0 Å². The molecule has 0 aromatic carbocycles. The number of hydrogen-bond donors (Lipinski definition) is 0. The van der Waals surface area contributed by atoms with Gasteiger partial charge in [0.15, 0.2) is 11.5 Å². The number of methoxy groups -OCH3 is 1. The SMILES string of the molecule is COC1C2=CN(C)CCC2=CC2=C1OCO2. The molecule has 0 saturated heterocycles. The van der Waals surface area contributed by atoms with E-state index in [9.17, 15) is 0 Å². The van der Waals surface area contributed by atoms with E-state index in [1.54, 1.807) is 7.11 Å². The van der Waals surface area contributed by atoms with Crippen LogP contribution in [0.5, 0.6) is 0 Å². The summed E-state index contributed by atoms with van der Waals surface area (Å²) in [6.07, 6.45) is 5.13. The molecule has 1 aliphatic carbocycles. The fraction of sp³-hybridized carbons (Fsp3) is 0.500. The molecule has 16 heavy (non-hydrogen) atoms. The van der Waals surface area contributed by atoms with Gasteiger partial charge >= 0.3 is 0 Å². The quantitative estimate of drug-likeness (QED) is 0.669. The van der Waals surface area contributed by atoms with E-state index in [2.05, 4.69) is 24.2 Å². The van der Waals surface area contributed by atoms with Crippen molar-refractivity contribution in [2.45, 2.75) is 12.5 Å². The van der Waals surface area contributed by atoms with Gasteiger partial charge in [-0.2, -0.15) is 0 Å². The van der Waals surface area contributed by atoms with Gasteiger partial charge in [0.25, 0.3) is 0 Å². The van der Waals surface area contributed by atoms with E-state index >= 15 is 0 Å². The van der Waals surface area contributed by atoms with E-state index in [4.69, 9.17) is 14.2 Å². The van der Waals surface area contributed by atoms with E-state index in [-0.39, 0.29) is 6.10 Å². The Morgan fingerprint density at radius 3 is 3.12 bits per heavy atom. The maximum Gasteiger partial charge on any atom is 0.230 e. The largest absolute Gasteiger partial charge is 0.455 e. The van der Waals surface area contributed by atoms with E-state index in [1.807, 2.05) is 0 Å². The number of fused-ring (bicyclic) bond motifs is 1. The summed E-state index contributed by atoms with van der Waals surface area (Å²) in [5.74, 6) is 1.65. The predicted octanol–water partition coefficient (Wildman–Crippen LogP) is 1.38. The molecule has 0 spiro atoms. The second kappa shape index (κ2) is 3.56. The van der Waals surface area contributed by atoms with Crippen molar-refractivity contribution in [2.24, 2.45) is 0 Å². The lowest BCUT2D eigenvalue weighted by atomic mass is 9.89. The van der Waals surface area contributed by atoms with Gasteiger partial charge in [-0.3, -0.25) is 0 Å². The van der Waals surface area contributed by atoms with Crippen LogP contribution in [0, 0.1) is 0 Å². The maximum atomic E-state index is 5.52. The number of hydrogen-bond acceptors (Lipinski definition) is 4. The summed E-state index contributed by atoms with van der Waals surface area (Å²) < 4.78 is 16.4. The van der Waals surface area contributed by atoms with Gasteiger partial charge in [-0.15, -0.1) is 0 Å². The van der Waals surface area contributed by atoms with Gasteiger partial charge in [-0.25, -0.2) is 0 Å². The molecule has 86 valence electrons. The Bertz CT molecular complexity index is 408. The summed E-state index contributed by atoms with van der Waals surface area (Å²) in [6.45, 7) is 1.34. The molecule has 0 amide bonds. The van der Waals surface area contributed by atoms with Crippen molar-refractivity contribution in [1.29, 1.82) is 0 Å². The number of rotatable bonds is 1. The second-order valence-electron chi connectivity index (χ2n) is 4.24. The van der Waals surface area contributed by atoms with Crippen LogP contribution >= 0.6 is 0 Å². The van der Waals surface area contributed by atoms with Crippen LogP contribution in [-0.4, -0.2) is 38.5 Å². The first-order chi connectivity index (χ1) is 7.79. The number of ether oxygens (including phenoxy) is 3. The van der Waals surface area contributed by atoms with Gasteiger partial charge in [0.2, 0.25) is 6.79 Å².